The van der Waals surface area contributed by atoms with Gasteiger partial charge >= 0.3 is 0 Å². The molecule has 0 aromatic heterocycles. The van der Waals surface area contributed by atoms with Crippen LogP contribution in [0.25, 0.3) is 0 Å². The number of phenols is 1. The maximum absolute atomic E-state index is 13.8. The van der Waals surface area contributed by atoms with Crippen LogP contribution >= 0.6 is 0 Å². The van der Waals surface area contributed by atoms with E-state index in [-0.39, 0.29) is 29.6 Å². The Morgan fingerprint density at radius 2 is 2.06 bits per heavy atom. The van der Waals surface area contributed by atoms with Crippen molar-refractivity contribution in [3.05, 3.63) is 66.0 Å². The molecule has 6 heteroatoms. The van der Waals surface area contributed by atoms with Crippen LogP contribution in [0.5, 0.6) is 11.5 Å². The summed E-state index contributed by atoms with van der Waals surface area (Å²) in [6.45, 7) is 7.54. The molecular weight excluding hydrogens is 395 g/mol. The molecule has 0 saturated carbocycles. The quantitative estimate of drug-likeness (QED) is 0.760. The van der Waals surface area contributed by atoms with E-state index in [9.17, 15) is 14.3 Å². The number of carbonyl (C=O) groups excluding carboxylic acids is 1. The second-order valence-electron chi connectivity index (χ2n) is 8.83. The second-order valence-corrected chi connectivity index (χ2v) is 8.83. The summed E-state index contributed by atoms with van der Waals surface area (Å²) in [5.74, 6) is 0.198. The number of nitrogens with zero attached hydrogens (tertiary/aromatic N) is 2. The summed E-state index contributed by atoms with van der Waals surface area (Å²) in [5, 5.41) is 10.1. The van der Waals surface area contributed by atoms with Crippen LogP contribution in [0.1, 0.15) is 39.2 Å². The number of rotatable bonds is 5. The first-order valence-corrected chi connectivity index (χ1v) is 10.8. The van der Waals surface area contributed by atoms with E-state index in [2.05, 4.69) is 11.8 Å². The van der Waals surface area contributed by atoms with Crippen molar-refractivity contribution in [2.45, 2.75) is 57.8 Å². The smallest absolute Gasteiger partial charge is 0.251 e. The Hall–Kier alpha value is -2.86. The summed E-state index contributed by atoms with van der Waals surface area (Å²) in [4.78, 5) is 16.8. The van der Waals surface area contributed by atoms with Gasteiger partial charge in [0.25, 0.3) is 5.91 Å². The molecule has 5 nitrogen and oxygen atoms in total. The van der Waals surface area contributed by atoms with Gasteiger partial charge < -0.3 is 9.84 Å². The Morgan fingerprint density at radius 1 is 1.26 bits per heavy atom. The van der Waals surface area contributed by atoms with Crippen LogP contribution in [-0.4, -0.2) is 40.1 Å². The molecule has 1 amide bonds. The van der Waals surface area contributed by atoms with Crippen LogP contribution in [0.2, 0.25) is 0 Å². The van der Waals surface area contributed by atoms with Gasteiger partial charge in [0.15, 0.2) is 11.5 Å². The van der Waals surface area contributed by atoms with Crippen LogP contribution in [0.3, 0.4) is 0 Å². The van der Waals surface area contributed by atoms with Crippen molar-refractivity contribution in [1.29, 1.82) is 0 Å². The molecule has 0 radical (unpaired) electrons. The number of aromatic hydroxyl groups is 1. The highest BCUT2D eigenvalue weighted by Crippen LogP contribution is 2.41. The number of hydrogen-bond acceptors (Lipinski definition) is 4. The first-order valence-electron chi connectivity index (χ1n) is 10.8. The largest absolute Gasteiger partial charge is 0.504 e. The molecule has 0 bridgehead atoms. The summed E-state index contributed by atoms with van der Waals surface area (Å²) in [5.41, 5.74) is 1.24. The molecule has 1 fully saturated rings. The molecule has 31 heavy (non-hydrogen) atoms. The normalized spacial score (nSPS) is 23.8. The van der Waals surface area contributed by atoms with Crippen molar-refractivity contribution in [2.24, 2.45) is 0 Å². The van der Waals surface area contributed by atoms with E-state index < -0.39 is 5.54 Å². The molecule has 1 spiro atoms. The lowest BCUT2D eigenvalue weighted by molar-refractivity contribution is -0.114. The molecule has 1 N–H and O–H groups in total. The standard InChI is InChI=1S/C25H29FN2O3/c1-17(2)31-23-13-19(7-8-22(23)29)16-27-12-11-25(15-18(27)3)10-9-24(30)28(25)21-6-4-5-20(26)14-21/h4-10,13-14,17-18,29H,11-12,15-16H2,1-3H3/t18-,25+/m0/s1. The Kier molecular flexibility index (Phi) is 5.75. The average Bonchev–Trinajstić information content (AvgIpc) is 3.02. The summed E-state index contributed by atoms with van der Waals surface area (Å²) in [7, 11) is 0. The maximum Gasteiger partial charge on any atom is 0.251 e. The summed E-state index contributed by atoms with van der Waals surface area (Å²) >= 11 is 0. The van der Waals surface area contributed by atoms with Gasteiger partial charge in [-0.05, 0) is 69.5 Å². The van der Waals surface area contributed by atoms with Gasteiger partial charge in [0.2, 0.25) is 0 Å². The molecule has 2 aromatic rings. The minimum absolute atomic E-state index is 0.0181. The molecule has 2 atom stereocenters. The summed E-state index contributed by atoms with van der Waals surface area (Å²) in [6.07, 6.45) is 5.12. The number of ether oxygens (including phenoxy) is 1. The maximum atomic E-state index is 13.8. The topological polar surface area (TPSA) is 53.0 Å². The van der Waals surface area contributed by atoms with Crippen LogP contribution in [0, 0.1) is 5.82 Å². The third-order valence-corrected chi connectivity index (χ3v) is 6.14. The number of likely N-dealkylation sites (tertiary alicyclic amines) is 1. The minimum atomic E-state index is -0.429. The van der Waals surface area contributed by atoms with E-state index in [1.807, 2.05) is 32.1 Å². The number of carbonyl (C=O) groups is 1. The van der Waals surface area contributed by atoms with E-state index in [1.54, 1.807) is 29.2 Å². The molecule has 4 rings (SSSR count). The number of anilines is 1. The van der Waals surface area contributed by atoms with Gasteiger partial charge in [-0.15, -0.1) is 0 Å². The third-order valence-electron chi connectivity index (χ3n) is 6.14. The van der Waals surface area contributed by atoms with Crippen molar-refractivity contribution < 1.29 is 19.0 Å². The number of halogens is 1. The monoisotopic (exact) mass is 424 g/mol. The molecule has 2 aliphatic heterocycles. The SMILES string of the molecule is CC(C)Oc1cc(CN2CC[C@]3(C=CC(=O)N3c3cccc(F)c3)C[C@@H]2C)ccc1O. The molecule has 0 aliphatic carbocycles. The van der Waals surface area contributed by atoms with Gasteiger partial charge in [0.1, 0.15) is 5.82 Å². The van der Waals surface area contributed by atoms with E-state index >= 15 is 0 Å². The molecule has 164 valence electrons. The van der Waals surface area contributed by atoms with E-state index in [0.29, 0.717) is 11.4 Å². The first kappa shape index (κ1) is 21.4. The fourth-order valence-corrected chi connectivity index (χ4v) is 4.72. The fraction of sp³-hybridized carbons (Fsp3) is 0.400. The predicted molar refractivity (Wildman–Crippen MR) is 119 cm³/mol. The Morgan fingerprint density at radius 3 is 2.77 bits per heavy atom. The Labute approximate surface area is 182 Å². The number of benzene rings is 2. The Bertz CT molecular complexity index is 1010. The van der Waals surface area contributed by atoms with Crippen LogP contribution in [0.15, 0.2) is 54.6 Å². The lowest BCUT2D eigenvalue weighted by Gasteiger charge is -2.47. The van der Waals surface area contributed by atoms with E-state index in [4.69, 9.17) is 4.74 Å². The summed E-state index contributed by atoms with van der Waals surface area (Å²) in [6, 6.07) is 11.9. The zero-order valence-electron chi connectivity index (χ0n) is 18.2. The number of phenolic OH excluding ortho intramolecular Hbond substituents is 1. The van der Waals surface area contributed by atoms with E-state index in [0.717, 1.165) is 31.5 Å². The number of piperidine rings is 1. The molecule has 1 saturated heterocycles. The van der Waals surface area contributed by atoms with Crippen molar-refractivity contribution in [3.63, 3.8) is 0 Å². The van der Waals surface area contributed by atoms with Crippen LogP contribution in [-0.2, 0) is 11.3 Å². The number of hydrogen-bond donors (Lipinski definition) is 1. The molecule has 2 aliphatic rings. The zero-order chi connectivity index (χ0) is 22.2. The van der Waals surface area contributed by atoms with Gasteiger partial charge in [0, 0.05) is 30.9 Å². The fourth-order valence-electron chi connectivity index (χ4n) is 4.72. The van der Waals surface area contributed by atoms with Gasteiger partial charge in [-0.2, -0.15) is 0 Å². The lowest BCUT2D eigenvalue weighted by Crippen LogP contribution is -2.56. The number of amides is 1. The first-order chi connectivity index (χ1) is 14.8. The van der Waals surface area contributed by atoms with Crippen LogP contribution in [0.4, 0.5) is 10.1 Å². The average molecular weight is 425 g/mol. The molecule has 0 unspecified atom stereocenters. The predicted octanol–water partition coefficient (Wildman–Crippen LogP) is 4.64. The molecule has 2 aromatic carbocycles. The zero-order valence-corrected chi connectivity index (χ0v) is 18.2. The van der Waals surface area contributed by atoms with Gasteiger partial charge in [-0.1, -0.05) is 18.2 Å². The highest BCUT2D eigenvalue weighted by atomic mass is 19.1. The van der Waals surface area contributed by atoms with Crippen molar-refractivity contribution >= 4 is 11.6 Å². The van der Waals surface area contributed by atoms with Gasteiger partial charge in [0.05, 0.1) is 11.6 Å². The van der Waals surface area contributed by atoms with Crippen LogP contribution < -0.4 is 9.64 Å². The highest BCUT2D eigenvalue weighted by Gasteiger charge is 2.46. The summed E-state index contributed by atoms with van der Waals surface area (Å²) < 4.78 is 19.5. The lowest BCUT2D eigenvalue weighted by atomic mass is 9.82. The van der Waals surface area contributed by atoms with Crippen molar-refractivity contribution in [3.8, 4) is 11.5 Å². The minimum Gasteiger partial charge on any atom is -0.504 e. The second kappa shape index (κ2) is 8.35. The molecular formula is C25H29FN2O3. The third kappa shape index (κ3) is 4.30. The molecule has 2 heterocycles. The van der Waals surface area contributed by atoms with Gasteiger partial charge in [-0.25, -0.2) is 4.39 Å². The van der Waals surface area contributed by atoms with Gasteiger partial charge in [-0.3, -0.25) is 14.6 Å². The van der Waals surface area contributed by atoms with Crippen molar-refractivity contribution in [1.82, 2.24) is 4.90 Å². The Balaban J connectivity index is 1.51. The highest BCUT2D eigenvalue weighted by molar-refractivity contribution is 6.06. The van der Waals surface area contributed by atoms with Crippen molar-refractivity contribution in [2.75, 3.05) is 11.4 Å². The van der Waals surface area contributed by atoms with E-state index in [1.165, 1.54) is 12.1 Å².